The Bertz CT molecular complexity index is 719. The second-order valence-corrected chi connectivity index (χ2v) is 4.41. The van der Waals surface area contributed by atoms with Gasteiger partial charge in [-0.25, -0.2) is 0 Å². The summed E-state index contributed by atoms with van der Waals surface area (Å²) >= 11 is 0. The molecule has 0 bridgehead atoms. The van der Waals surface area contributed by atoms with Crippen molar-refractivity contribution in [1.29, 1.82) is 0 Å². The number of allylic oxidation sites excluding steroid dienone is 2. The molecule has 0 saturated heterocycles. The number of aromatic nitrogens is 2. The number of benzene rings is 1. The Labute approximate surface area is 104 Å². The molecular formula is C14H10N4. The largest absolute Gasteiger partial charge is 0.282 e. The van der Waals surface area contributed by atoms with Gasteiger partial charge in [-0.1, -0.05) is 30.4 Å². The third kappa shape index (κ3) is 1.29. The summed E-state index contributed by atoms with van der Waals surface area (Å²) in [5, 5.41) is 15.6. The molecule has 1 aromatic carbocycles. The first-order chi connectivity index (χ1) is 8.92. The normalized spacial score (nSPS) is 20.0. The van der Waals surface area contributed by atoms with Crippen LogP contribution in [-0.2, 0) is 6.42 Å². The quantitative estimate of drug-likeness (QED) is 0.745. The van der Waals surface area contributed by atoms with E-state index in [9.17, 15) is 0 Å². The molecule has 4 heteroatoms. The Balaban J connectivity index is 1.86. The van der Waals surface area contributed by atoms with Gasteiger partial charge in [-0.2, -0.15) is 5.10 Å². The maximum absolute atomic E-state index is 4.30. The van der Waals surface area contributed by atoms with E-state index in [0.717, 1.165) is 34.6 Å². The summed E-state index contributed by atoms with van der Waals surface area (Å²) in [4.78, 5) is 0. The maximum Gasteiger partial charge on any atom is 0.0987 e. The van der Waals surface area contributed by atoms with Gasteiger partial charge in [0.05, 0.1) is 17.6 Å². The van der Waals surface area contributed by atoms with Gasteiger partial charge >= 0.3 is 0 Å². The Hall–Kier alpha value is -2.49. The maximum atomic E-state index is 4.30. The van der Waals surface area contributed by atoms with Crippen LogP contribution < -0.4 is 0 Å². The number of azo groups is 1. The highest BCUT2D eigenvalue weighted by Crippen LogP contribution is 2.38. The van der Waals surface area contributed by atoms with Gasteiger partial charge in [-0.15, -0.1) is 10.2 Å². The minimum absolute atomic E-state index is 0.828. The molecule has 4 nitrogen and oxygen atoms in total. The first-order valence-electron chi connectivity index (χ1n) is 5.86. The van der Waals surface area contributed by atoms with E-state index < -0.39 is 0 Å². The first kappa shape index (κ1) is 9.53. The fraction of sp³-hybridized carbons (Fsp3) is 0.0714. The molecule has 1 aromatic heterocycles. The highest BCUT2D eigenvalue weighted by atomic mass is 15.1. The third-order valence-electron chi connectivity index (χ3n) is 3.30. The van der Waals surface area contributed by atoms with Gasteiger partial charge in [0, 0.05) is 23.2 Å². The number of nitrogens with zero attached hydrogens (tertiary/aromatic N) is 3. The summed E-state index contributed by atoms with van der Waals surface area (Å²) in [6, 6.07) is 8.05. The molecule has 18 heavy (non-hydrogen) atoms. The van der Waals surface area contributed by atoms with E-state index >= 15 is 0 Å². The summed E-state index contributed by atoms with van der Waals surface area (Å²) in [5.74, 6) is 0. The van der Waals surface area contributed by atoms with Gasteiger partial charge in [0.2, 0.25) is 0 Å². The molecule has 1 N–H and O–H groups in total. The van der Waals surface area contributed by atoms with Crippen LogP contribution in [-0.4, -0.2) is 10.2 Å². The van der Waals surface area contributed by atoms with Crippen molar-refractivity contribution in [3.63, 3.8) is 0 Å². The lowest BCUT2D eigenvalue weighted by molar-refractivity contribution is 0.991. The number of fused-ring (bicyclic) bond motifs is 2. The van der Waals surface area contributed by atoms with E-state index in [1.165, 1.54) is 5.57 Å². The molecule has 1 aliphatic carbocycles. The lowest BCUT2D eigenvalue weighted by Gasteiger charge is -2.09. The first-order valence-corrected chi connectivity index (χ1v) is 5.86. The SMILES string of the molecule is C1=Cc2cn[nH]c2CC1=C1N=Nc2ccccc21. The fourth-order valence-electron chi connectivity index (χ4n) is 2.37. The summed E-state index contributed by atoms with van der Waals surface area (Å²) in [6.45, 7) is 0. The number of hydrogen-bond donors (Lipinski definition) is 1. The van der Waals surface area contributed by atoms with Gasteiger partial charge in [0.1, 0.15) is 0 Å². The van der Waals surface area contributed by atoms with Crippen molar-refractivity contribution in [2.45, 2.75) is 6.42 Å². The summed E-state index contributed by atoms with van der Waals surface area (Å²) in [7, 11) is 0. The van der Waals surface area contributed by atoms with Crippen molar-refractivity contribution < 1.29 is 0 Å². The minimum atomic E-state index is 0.828. The van der Waals surface area contributed by atoms with Crippen molar-refractivity contribution in [2.75, 3.05) is 0 Å². The van der Waals surface area contributed by atoms with Gasteiger partial charge in [0.15, 0.2) is 0 Å². The summed E-state index contributed by atoms with van der Waals surface area (Å²) < 4.78 is 0. The molecule has 1 aliphatic heterocycles. The number of aromatic amines is 1. The van der Waals surface area contributed by atoms with Gasteiger partial charge < -0.3 is 0 Å². The Morgan fingerprint density at radius 1 is 1.06 bits per heavy atom. The monoisotopic (exact) mass is 234 g/mol. The molecule has 0 saturated carbocycles. The molecule has 0 fully saturated rings. The van der Waals surface area contributed by atoms with E-state index in [0.29, 0.717) is 0 Å². The van der Waals surface area contributed by atoms with E-state index in [1.54, 1.807) is 0 Å². The van der Waals surface area contributed by atoms with Crippen molar-refractivity contribution in [1.82, 2.24) is 10.2 Å². The van der Waals surface area contributed by atoms with Crippen LogP contribution in [0.3, 0.4) is 0 Å². The summed E-state index contributed by atoms with van der Waals surface area (Å²) in [6.07, 6.45) is 6.85. The van der Waals surface area contributed by atoms with Crippen LogP contribution in [0.25, 0.3) is 11.8 Å². The number of nitrogens with one attached hydrogen (secondary N) is 1. The van der Waals surface area contributed by atoms with Crippen LogP contribution in [0.1, 0.15) is 16.8 Å². The van der Waals surface area contributed by atoms with Crippen molar-refractivity contribution in [3.05, 3.63) is 58.9 Å². The average molecular weight is 234 g/mol. The van der Waals surface area contributed by atoms with Gasteiger partial charge in [-0.05, 0) is 11.6 Å². The van der Waals surface area contributed by atoms with Gasteiger partial charge in [-0.3, -0.25) is 5.10 Å². The van der Waals surface area contributed by atoms with Crippen LogP contribution >= 0.6 is 0 Å². The van der Waals surface area contributed by atoms with Crippen LogP contribution in [0.15, 0.2) is 52.3 Å². The smallest absolute Gasteiger partial charge is 0.0987 e. The zero-order valence-electron chi connectivity index (χ0n) is 9.59. The second kappa shape index (κ2) is 3.50. The highest BCUT2D eigenvalue weighted by Gasteiger charge is 2.19. The summed E-state index contributed by atoms with van der Waals surface area (Å²) in [5.41, 5.74) is 6.51. The number of rotatable bonds is 0. The van der Waals surface area contributed by atoms with Crippen LogP contribution in [0.5, 0.6) is 0 Å². The Morgan fingerprint density at radius 3 is 3.00 bits per heavy atom. The van der Waals surface area contributed by atoms with E-state index in [4.69, 9.17) is 0 Å². The molecule has 0 amide bonds. The van der Waals surface area contributed by atoms with Crippen molar-refractivity contribution in [3.8, 4) is 0 Å². The molecule has 4 rings (SSSR count). The molecular weight excluding hydrogens is 224 g/mol. The average Bonchev–Trinajstić information content (AvgIpc) is 3.04. The predicted octanol–water partition coefficient (Wildman–Crippen LogP) is 3.49. The van der Waals surface area contributed by atoms with Crippen LogP contribution in [0, 0.1) is 0 Å². The van der Waals surface area contributed by atoms with E-state index in [2.05, 4.69) is 38.6 Å². The molecule has 86 valence electrons. The lowest BCUT2D eigenvalue weighted by Crippen LogP contribution is -1.98. The lowest BCUT2D eigenvalue weighted by atomic mass is 9.96. The Morgan fingerprint density at radius 2 is 2.00 bits per heavy atom. The Kier molecular flexibility index (Phi) is 1.85. The molecule has 2 heterocycles. The van der Waals surface area contributed by atoms with Crippen molar-refractivity contribution in [2.24, 2.45) is 10.2 Å². The molecule has 0 radical (unpaired) electrons. The molecule has 2 aliphatic rings. The zero-order chi connectivity index (χ0) is 11.9. The van der Waals surface area contributed by atoms with E-state index in [-0.39, 0.29) is 0 Å². The minimum Gasteiger partial charge on any atom is -0.282 e. The molecule has 0 spiro atoms. The second-order valence-electron chi connectivity index (χ2n) is 4.41. The highest BCUT2D eigenvalue weighted by molar-refractivity contribution is 5.82. The van der Waals surface area contributed by atoms with Gasteiger partial charge in [0.25, 0.3) is 0 Å². The topological polar surface area (TPSA) is 53.4 Å². The molecule has 0 unspecified atom stereocenters. The van der Waals surface area contributed by atoms with E-state index in [1.807, 2.05) is 24.4 Å². The molecule has 2 aromatic rings. The predicted molar refractivity (Wildman–Crippen MR) is 69.2 cm³/mol. The standard InChI is InChI=1S/C14H10N4/c1-2-4-12-11(3-1)14(18-17-12)9-5-6-10-8-15-16-13(10)7-9/h1-6,8H,7H2,(H,15,16). The fourth-order valence-corrected chi connectivity index (χ4v) is 2.37. The number of H-pyrrole nitrogens is 1. The van der Waals surface area contributed by atoms with Crippen LogP contribution in [0.2, 0.25) is 0 Å². The number of hydrogen-bond acceptors (Lipinski definition) is 3. The van der Waals surface area contributed by atoms with Crippen LogP contribution in [0.4, 0.5) is 5.69 Å². The zero-order valence-corrected chi connectivity index (χ0v) is 9.59. The third-order valence-corrected chi connectivity index (χ3v) is 3.30. The van der Waals surface area contributed by atoms with Crippen molar-refractivity contribution >= 4 is 17.5 Å². The molecule has 0 atom stereocenters.